The van der Waals surface area contributed by atoms with Crippen molar-refractivity contribution in [2.45, 2.75) is 26.4 Å². The summed E-state index contributed by atoms with van der Waals surface area (Å²) in [6, 6.07) is 10.8. The summed E-state index contributed by atoms with van der Waals surface area (Å²) in [5, 5.41) is 4.67. The molecule has 3 aromatic rings. The molecule has 1 N–H and O–H groups in total. The van der Waals surface area contributed by atoms with Crippen LogP contribution in [0.2, 0.25) is 0 Å². The summed E-state index contributed by atoms with van der Waals surface area (Å²) in [5.41, 5.74) is 2.27. The van der Waals surface area contributed by atoms with Crippen LogP contribution in [0.3, 0.4) is 0 Å². The number of imidazole rings is 1. The largest absolute Gasteiger partial charge is 0.310 e. The molecule has 0 atom stereocenters. The number of nitrogens with one attached hydrogen (secondary N) is 1. The molecular weight excluding hydrogens is 248 g/mol. The number of nitrogens with zero attached hydrogens (tertiary/aromatic N) is 3. The Morgan fingerprint density at radius 2 is 2.10 bits per heavy atom. The van der Waals surface area contributed by atoms with Crippen molar-refractivity contribution in [2.24, 2.45) is 0 Å². The number of fused-ring (bicyclic) bond motifs is 1. The van der Waals surface area contributed by atoms with E-state index in [-0.39, 0.29) is 0 Å². The van der Waals surface area contributed by atoms with Crippen molar-refractivity contribution < 1.29 is 0 Å². The van der Waals surface area contributed by atoms with Gasteiger partial charge in [-0.1, -0.05) is 32.0 Å². The van der Waals surface area contributed by atoms with E-state index >= 15 is 0 Å². The van der Waals surface area contributed by atoms with Crippen molar-refractivity contribution >= 4 is 10.9 Å². The Morgan fingerprint density at radius 1 is 1.25 bits per heavy atom. The van der Waals surface area contributed by atoms with E-state index in [4.69, 9.17) is 4.98 Å². The monoisotopic (exact) mass is 266 g/mol. The van der Waals surface area contributed by atoms with Gasteiger partial charge in [-0.25, -0.2) is 9.97 Å². The number of benzene rings is 1. The fraction of sp³-hybridized carbons (Fsp3) is 0.250. The lowest BCUT2D eigenvalue weighted by atomic mass is 10.1. The molecule has 0 bridgehead atoms. The number of aromatic nitrogens is 3. The second-order valence-corrected chi connectivity index (χ2v) is 5.16. The van der Waals surface area contributed by atoms with Gasteiger partial charge in [-0.15, -0.1) is 0 Å². The fourth-order valence-electron chi connectivity index (χ4n) is 2.22. The maximum absolute atomic E-state index is 4.70. The van der Waals surface area contributed by atoms with Gasteiger partial charge in [0.2, 0.25) is 0 Å². The van der Waals surface area contributed by atoms with Crippen LogP contribution in [0.1, 0.15) is 19.4 Å². The van der Waals surface area contributed by atoms with E-state index in [1.807, 2.05) is 16.8 Å². The number of hydrogen-bond acceptors (Lipinski definition) is 3. The maximum Gasteiger partial charge on any atom is 0.138 e. The third-order valence-electron chi connectivity index (χ3n) is 3.26. The molecule has 3 rings (SSSR count). The number of pyridine rings is 1. The molecule has 0 saturated carbocycles. The van der Waals surface area contributed by atoms with Crippen LogP contribution in [0.5, 0.6) is 0 Å². The molecule has 0 fully saturated rings. The van der Waals surface area contributed by atoms with Crippen molar-refractivity contribution in [3.63, 3.8) is 0 Å². The van der Waals surface area contributed by atoms with E-state index in [0.717, 1.165) is 17.9 Å². The van der Waals surface area contributed by atoms with Gasteiger partial charge in [0.25, 0.3) is 0 Å². The molecule has 2 aromatic heterocycles. The van der Waals surface area contributed by atoms with Crippen molar-refractivity contribution in [3.8, 4) is 5.82 Å². The van der Waals surface area contributed by atoms with Gasteiger partial charge in [0.05, 0.1) is 5.52 Å². The summed E-state index contributed by atoms with van der Waals surface area (Å²) in [5.74, 6) is 0.904. The molecule has 0 aliphatic rings. The standard InChI is InChI=1S/C16H18N4/c1-12(2)18-10-13-9-16(20-8-7-17-11-20)19-15-6-4-3-5-14(13)15/h3-9,11-12,18H,10H2,1-2H3. The van der Waals surface area contributed by atoms with Crippen molar-refractivity contribution in [2.75, 3.05) is 0 Å². The predicted molar refractivity (Wildman–Crippen MR) is 80.8 cm³/mol. The predicted octanol–water partition coefficient (Wildman–Crippen LogP) is 2.92. The smallest absolute Gasteiger partial charge is 0.138 e. The second kappa shape index (κ2) is 5.43. The Balaban J connectivity index is 2.10. The molecule has 1 aromatic carbocycles. The topological polar surface area (TPSA) is 42.7 Å². The van der Waals surface area contributed by atoms with Crippen LogP contribution in [0, 0.1) is 0 Å². The maximum atomic E-state index is 4.70. The highest BCUT2D eigenvalue weighted by molar-refractivity contribution is 5.83. The summed E-state index contributed by atoms with van der Waals surface area (Å²) in [6.45, 7) is 5.14. The first kappa shape index (κ1) is 12.8. The molecule has 4 heteroatoms. The van der Waals surface area contributed by atoms with Crippen LogP contribution in [-0.2, 0) is 6.54 Å². The Labute approximate surface area is 118 Å². The minimum atomic E-state index is 0.457. The van der Waals surface area contributed by atoms with Gasteiger partial charge in [0, 0.05) is 30.4 Å². The van der Waals surface area contributed by atoms with Gasteiger partial charge in [0.1, 0.15) is 12.1 Å². The molecule has 4 nitrogen and oxygen atoms in total. The number of rotatable bonds is 4. The Morgan fingerprint density at radius 3 is 2.85 bits per heavy atom. The highest BCUT2D eigenvalue weighted by atomic mass is 15.1. The highest BCUT2D eigenvalue weighted by Gasteiger charge is 2.07. The lowest BCUT2D eigenvalue weighted by Gasteiger charge is -2.12. The first-order valence-corrected chi connectivity index (χ1v) is 6.84. The van der Waals surface area contributed by atoms with E-state index < -0.39 is 0 Å². The van der Waals surface area contributed by atoms with Crippen LogP contribution >= 0.6 is 0 Å². The number of hydrogen-bond donors (Lipinski definition) is 1. The fourth-order valence-corrected chi connectivity index (χ4v) is 2.22. The van der Waals surface area contributed by atoms with Gasteiger partial charge in [0.15, 0.2) is 0 Å². The molecule has 0 aliphatic carbocycles. The zero-order valence-electron chi connectivity index (χ0n) is 11.7. The SMILES string of the molecule is CC(C)NCc1cc(-n2ccnc2)nc2ccccc12. The van der Waals surface area contributed by atoms with E-state index in [9.17, 15) is 0 Å². The van der Waals surface area contributed by atoms with Crippen LogP contribution < -0.4 is 5.32 Å². The molecule has 0 amide bonds. The van der Waals surface area contributed by atoms with Crippen molar-refractivity contribution in [1.29, 1.82) is 0 Å². The molecule has 0 spiro atoms. The summed E-state index contributed by atoms with van der Waals surface area (Å²) in [6.07, 6.45) is 5.45. The summed E-state index contributed by atoms with van der Waals surface area (Å²) < 4.78 is 1.94. The van der Waals surface area contributed by atoms with E-state index in [0.29, 0.717) is 6.04 Å². The van der Waals surface area contributed by atoms with E-state index in [1.54, 1.807) is 12.5 Å². The lowest BCUT2D eigenvalue weighted by molar-refractivity contribution is 0.590. The average Bonchev–Trinajstić information content (AvgIpc) is 2.98. The molecular formula is C16H18N4. The molecule has 20 heavy (non-hydrogen) atoms. The van der Waals surface area contributed by atoms with Crippen LogP contribution in [0.25, 0.3) is 16.7 Å². The summed E-state index contributed by atoms with van der Waals surface area (Å²) >= 11 is 0. The molecule has 102 valence electrons. The molecule has 2 heterocycles. The molecule has 0 aliphatic heterocycles. The second-order valence-electron chi connectivity index (χ2n) is 5.16. The Hall–Kier alpha value is -2.20. The first-order chi connectivity index (χ1) is 9.74. The van der Waals surface area contributed by atoms with Gasteiger partial charge in [-0.2, -0.15) is 0 Å². The third-order valence-corrected chi connectivity index (χ3v) is 3.26. The minimum Gasteiger partial charge on any atom is -0.310 e. The zero-order valence-corrected chi connectivity index (χ0v) is 11.7. The molecule has 0 saturated heterocycles. The minimum absolute atomic E-state index is 0.457. The van der Waals surface area contributed by atoms with Gasteiger partial charge in [-0.05, 0) is 17.7 Å². The quantitative estimate of drug-likeness (QED) is 0.789. The van der Waals surface area contributed by atoms with Crippen LogP contribution in [-0.4, -0.2) is 20.6 Å². The average molecular weight is 266 g/mol. The van der Waals surface area contributed by atoms with Crippen molar-refractivity contribution in [3.05, 3.63) is 54.6 Å². The van der Waals surface area contributed by atoms with Gasteiger partial charge >= 0.3 is 0 Å². The van der Waals surface area contributed by atoms with E-state index in [2.05, 4.69) is 48.4 Å². The van der Waals surface area contributed by atoms with Crippen LogP contribution in [0.15, 0.2) is 49.1 Å². The summed E-state index contributed by atoms with van der Waals surface area (Å²) in [7, 11) is 0. The van der Waals surface area contributed by atoms with Crippen LogP contribution in [0.4, 0.5) is 0 Å². The molecule has 0 radical (unpaired) electrons. The van der Waals surface area contributed by atoms with Gasteiger partial charge in [-0.3, -0.25) is 4.57 Å². The Bertz CT molecular complexity index is 702. The first-order valence-electron chi connectivity index (χ1n) is 6.84. The van der Waals surface area contributed by atoms with Gasteiger partial charge < -0.3 is 5.32 Å². The third kappa shape index (κ3) is 2.56. The summed E-state index contributed by atoms with van der Waals surface area (Å²) in [4.78, 5) is 8.79. The zero-order chi connectivity index (χ0) is 13.9. The Kier molecular flexibility index (Phi) is 3.48. The highest BCUT2D eigenvalue weighted by Crippen LogP contribution is 2.20. The number of para-hydroxylation sites is 1. The molecule has 0 unspecified atom stereocenters. The van der Waals surface area contributed by atoms with E-state index in [1.165, 1.54) is 10.9 Å². The lowest BCUT2D eigenvalue weighted by Crippen LogP contribution is -2.22. The van der Waals surface area contributed by atoms with Crippen molar-refractivity contribution in [1.82, 2.24) is 19.9 Å². The normalized spacial score (nSPS) is 11.3.